The van der Waals surface area contributed by atoms with Crippen LogP contribution in [-0.4, -0.2) is 42.2 Å². The van der Waals surface area contributed by atoms with Gasteiger partial charge in [-0.15, -0.1) is 0 Å². The van der Waals surface area contributed by atoms with Crippen molar-refractivity contribution in [3.63, 3.8) is 0 Å². The molecule has 0 spiro atoms. The lowest BCUT2D eigenvalue weighted by molar-refractivity contribution is -0.122. The van der Waals surface area contributed by atoms with Gasteiger partial charge in [-0.2, -0.15) is 0 Å². The van der Waals surface area contributed by atoms with Gasteiger partial charge >= 0.3 is 0 Å². The Labute approximate surface area is 179 Å². The van der Waals surface area contributed by atoms with Gasteiger partial charge in [0.15, 0.2) is 18.1 Å². The number of rotatable bonds is 7. The van der Waals surface area contributed by atoms with Crippen molar-refractivity contribution in [2.75, 3.05) is 25.6 Å². The summed E-state index contributed by atoms with van der Waals surface area (Å²) in [5, 5.41) is 2.46. The predicted octanol–water partition coefficient (Wildman–Crippen LogP) is 4.08. The van der Waals surface area contributed by atoms with Crippen LogP contribution in [0.1, 0.15) is 18.1 Å². The van der Waals surface area contributed by atoms with E-state index >= 15 is 0 Å². The van der Waals surface area contributed by atoms with E-state index in [1.807, 2.05) is 31.2 Å². The van der Waals surface area contributed by atoms with Gasteiger partial charge < -0.3 is 14.8 Å². The van der Waals surface area contributed by atoms with E-state index in [0.29, 0.717) is 34.2 Å². The van der Waals surface area contributed by atoms with Crippen LogP contribution in [0, 0.1) is 6.92 Å². The topological polar surface area (TPSA) is 84.9 Å². The second kappa shape index (κ2) is 9.49. The van der Waals surface area contributed by atoms with Crippen LogP contribution in [0.5, 0.6) is 11.5 Å². The predicted molar refractivity (Wildman–Crippen MR) is 117 cm³/mol. The monoisotopic (exact) mass is 426 g/mol. The van der Waals surface area contributed by atoms with E-state index in [-0.39, 0.29) is 23.7 Å². The van der Waals surface area contributed by atoms with Gasteiger partial charge in [0.2, 0.25) is 0 Å². The van der Waals surface area contributed by atoms with Crippen molar-refractivity contribution >= 4 is 40.6 Å². The van der Waals surface area contributed by atoms with Crippen LogP contribution < -0.4 is 14.8 Å². The number of carbonyl (C=O) groups excluding carboxylic acids is 3. The Balaban J connectivity index is 1.78. The van der Waals surface area contributed by atoms with Crippen LogP contribution in [-0.2, 0) is 9.59 Å². The van der Waals surface area contributed by atoms with E-state index in [1.54, 1.807) is 31.2 Å². The van der Waals surface area contributed by atoms with E-state index in [0.717, 1.165) is 17.3 Å². The van der Waals surface area contributed by atoms with Crippen LogP contribution in [0.2, 0.25) is 0 Å². The summed E-state index contributed by atoms with van der Waals surface area (Å²) >= 11 is 0.874. The number of benzene rings is 2. The molecule has 1 N–H and O–H groups in total. The highest BCUT2D eigenvalue weighted by atomic mass is 32.2. The highest BCUT2D eigenvalue weighted by molar-refractivity contribution is 8.18. The minimum Gasteiger partial charge on any atom is -0.493 e. The van der Waals surface area contributed by atoms with Crippen molar-refractivity contribution in [1.29, 1.82) is 0 Å². The molecule has 1 aliphatic rings. The number of nitrogens with one attached hydrogen (secondary N) is 1. The minimum absolute atomic E-state index is 0.245. The summed E-state index contributed by atoms with van der Waals surface area (Å²) in [5.74, 6) is 0.0596. The fourth-order valence-corrected chi connectivity index (χ4v) is 3.74. The first-order valence-corrected chi connectivity index (χ1v) is 10.2. The zero-order valence-electron chi connectivity index (χ0n) is 16.9. The fourth-order valence-electron chi connectivity index (χ4n) is 2.85. The lowest BCUT2D eigenvalue weighted by Crippen LogP contribution is -2.27. The molecule has 0 aliphatic carbocycles. The number of likely N-dealkylation sites (N-methyl/N-ethyl adjacent to an activating group) is 1. The zero-order chi connectivity index (χ0) is 21.7. The molecule has 30 heavy (non-hydrogen) atoms. The molecule has 1 fully saturated rings. The molecule has 156 valence electrons. The van der Waals surface area contributed by atoms with Crippen molar-refractivity contribution in [2.45, 2.75) is 13.8 Å². The van der Waals surface area contributed by atoms with Crippen molar-refractivity contribution in [1.82, 2.24) is 4.90 Å². The maximum atomic E-state index is 12.4. The van der Waals surface area contributed by atoms with Gasteiger partial charge in [-0.05, 0) is 49.9 Å². The smallest absolute Gasteiger partial charge is 0.293 e. The highest BCUT2D eigenvalue weighted by Gasteiger charge is 2.34. The zero-order valence-corrected chi connectivity index (χ0v) is 17.7. The van der Waals surface area contributed by atoms with Gasteiger partial charge in [-0.25, -0.2) is 0 Å². The van der Waals surface area contributed by atoms with Crippen molar-refractivity contribution in [3.8, 4) is 11.5 Å². The third-order valence-corrected chi connectivity index (χ3v) is 5.30. The van der Waals surface area contributed by atoms with Gasteiger partial charge in [0, 0.05) is 17.8 Å². The number of thioether (sulfide) groups is 1. The lowest BCUT2D eigenvalue weighted by atomic mass is 10.1. The maximum Gasteiger partial charge on any atom is 0.293 e. The summed E-state index contributed by atoms with van der Waals surface area (Å²) in [4.78, 5) is 38.1. The first-order chi connectivity index (χ1) is 14.4. The summed E-state index contributed by atoms with van der Waals surface area (Å²) in [5.41, 5.74) is 2.30. The van der Waals surface area contributed by atoms with Gasteiger partial charge in [-0.1, -0.05) is 29.8 Å². The first-order valence-electron chi connectivity index (χ1n) is 9.34. The van der Waals surface area contributed by atoms with Gasteiger partial charge in [-0.3, -0.25) is 19.3 Å². The molecule has 2 aromatic rings. The molecular formula is C22H22N2O5S. The third-order valence-electron chi connectivity index (χ3n) is 4.39. The maximum absolute atomic E-state index is 12.4. The Morgan fingerprint density at radius 2 is 1.90 bits per heavy atom. The van der Waals surface area contributed by atoms with E-state index in [2.05, 4.69) is 5.32 Å². The number of nitrogens with zero attached hydrogens (tertiary/aromatic N) is 1. The van der Waals surface area contributed by atoms with Crippen LogP contribution >= 0.6 is 11.8 Å². The van der Waals surface area contributed by atoms with Gasteiger partial charge in [0.1, 0.15) is 0 Å². The number of imide groups is 1. The molecular weight excluding hydrogens is 404 g/mol. The molecule has 8 heteroatoms. The molecule has 1 saturated heterocycles. The molecule has 7 nitrogen and oxygen atoms in total. The Hall–Kier alpha value is -3.26. The average Bonchev–Trinajstić information content (AvgIpc) is 3.00. The molecule has 0 aromatic heterocycles. The summed E-state index contributed by atoms with van der Waals surface area (Å²) in [7, 11) is 1.49. The lowest BCUT2D eigenvalue weighted by Gasteiger charge is -2.14. The number of carbonyl (C=O) groups is 3. The SMILES string of the molecule is CCN1C(=O)S/C(=C/c2cccc(OC)c2OCC(=O)Nc2ccc(C)cc2)C1=O. The van der Waals surface area contributed by atoms with Crippen molar-refractivity contribution < 1.29 is 23.9 Å². The summed E-state index contributed by atoms with van der Waals surface area (Å²) in [6.07, 6.45) is 1.58. The Bertz CT molecular complexity index is 1000. The Morgan fingerprint density at radius 1 is 1.17 bits per heavy atom. The number of amides is 3. The largest absolute Gasteiger partial charge is 0.493 e. The quantitative estimate of drug-likeness (QED) is 0.672. The fraction of sp³-hybridized carbons (Fsp3) is 0.227. The van der Waals surface area contributed by atoms with Crippen LogP contribution in [0.4, 0.5) is 10.5 Å². The van der Waals surface area contributed by atoms with Crippen molar-refractivity contribution in [3.05, 3.63) is 58.5 Å². The van der Waals surface area contributed by atoms with Crippen LogP contribution in [0.15, 0.2) is 47.4 Å². The molecule has 0 atom stereocenters. The van der Waals surface area contributed by atoms with E-state index < -0.39 is 0 Å². The Morgan fingerprint density at radius 3 is 2.53 bits per heavy atom. The van der Waals surface area contributed by atoms with Crippen molar-refractivity contribution in [2.24, 2.45) is 0 Å². The number of methoxy groups -OCH3 is 1. The second-order valence-corrected chi connectivity index (χ2v) is 7.50. The third kappa shape index (κ3) is 4.83. The molecule has 1 aliphatic heterocycles. The number of anilines is 1. The van der Waals surface area contributed by atoms with E-state index in [9.17, 15) is 14.4 Å². The van der Waals surface area contributed by atoms with E-state index in [1.165, 1.54) is 12.0 Å². The number of hydrogen-bond acceptors (Lipinski definition) is 6. The van der Waals surface area contributed by atoms with Crippen LogP contribution in [0.25, 0.3) is 6.08 Å². The molecule has 0 radical (unpaired) electrons. The molecule has 0 saturated carbocycles. The normalized spacial score (nSPS) is 14.9. The van der Waals surface area contributed by atoms with Gasteiger partial charge in [0.25, 0.3) is 17.1 Å². The second-order valence-electron chi connectivity index (χ2n) is 6.51. The van der Waals surface area contributed by atoms with Crippen LogP contribution in [0.3, 0.4) is 0 Å². The van der Waals surface area contributed by atoms with E-state index in [4.69, 9.17) is 9.47 Å². The summed E-state index contributed by atoms with van der Waals surface area (Å²) in [6.45, 7) is 3.77. The summed E-state index contributed by atoms with van der Waals surface area (Å²) in [6, 6.07) is 12.6. The standard InChI is InChI=1S/C22H22N2O5S/c1-4-24-21(26)18(30-22(24)27)12-15-6-5-7-17(28-3)20(15)29-13-19(25)23-16-10-8-14(2)9-11-16/h5-12H,4,13H2,1-3H3,(H,23,25)/b18-12+. The molecule has 0 unspecified atom stereocenters. The average molecular weight is 426 g/mol. The number of para-hydroxylation sites is 1. The molecule has 2 aromatic carbocycles. The summed E-state index contributed by atoms with van der Waals surface area (Å²) < 4.78 is 11.1. The molecule has 0 bridgehead atoms. The first kappa shape index (κ1) is 21.4. The highest BCUT2D eigenvalue weighted by Crippen LogP contribution is 2.37. The number of hydrogen-bond donors (Lipinski definition) is 1. The Kier molecular flexibility index (Phi) is 6.79. The number of aryl methyl sites for hydroxylation is 1. The number of ether oxygens (including phenoxy) is 2. The molecule has 3 amide bonds. The van der Waals surface area contributed by atoms with Gasteiger partial charge in [0.05, 0.1) is 12.0 Å². The molecule has 1 heterocycles. The minimum atomic E-state index is -0.349. The molecule has 3 rings (SSSR count).